The highest BCUT2D eigenvalue weighted by Crippen LogP contribution is 2.45. The van der Waals surface area contributed by atoms with Crippen LogP contribution in [0.2, 0.25) is 0 Å². The first-order valence-electron chi connectivity index (χ1n) is 10.2. The Labute approximate surface area is 164 Å². The van der Waals surface area contributed by atoms with Crippen molar-refractivity contribution >= 4 is 21.8 Å². The Morgan fingerprint density at radius 3 is 2.79 bits per heavy atom. The summed E-state index contributed by atoms with van der Waals surface area (Å²) in [7, 11) is 1.66. The second-order valence-corrected chi connectivity index (χ2v) is 8.04. The zero-order chi connectivity index (χ0) is 19.1. The molecule has 3 aromatic rings. The number of methoxy groups -OCH3 is 1. The highest BCUT2D eigenvalue weighted by Gasteiger charge is 2.28. The van der Waals surface area contributed by atoms with Crippen LogP contribution < -0.4 is 9.47 Å². The Hall–Kier alpha value is -2.31. The van der Waals surface area contributed by atoms with E-state index in [0.717, 1.165) is 29.5 Å². The number of aliphatic hydroxyl groups is 1. The number of β-amino-alcohol motifs (C(OH)–C–C–N with tert-alkyl or cyclic N) is 1. The maximum atomic E-state index is 10.3. The van der Waals surface area contributed by atoms with Gasteiger partial charge in [0.25, 0.3) is 0 Å². The number of benzene rings is 1. The molecule has 2 fully saturated rings. The lowest BCUT2D eigenvalue weighted by Crippen LogP contribution is -2.33. The van der Waals surface area contributed by atoms with Crippen LogP contribution in [0.15, 0.2) is 24.4 Å². The van der Waals surface area contributed by atoms with E-state index in [1.165, 1.54) is 36.8 Å². The smallest absolute Gasteiger partial charge is 0.163 e. The Balaban J connectivity index is 1.42. The van der Waals surface area contributed by atoms with Crippen LogP contribution in [-0.4, -0.2) is 59.4 Å². The first-order valence-corrected chi connectivity index (χ1v) is 10.2. The van der Waals surface area contributed by atoms with Crippen molar-refractivity contribution in [3.05, 3.63) is 30.1 Å². The number of aliphatic hydroxyl groups excluding tert-OH is 1. The van der Waals surface area contributed by atoms with Gasteiger partial charge in [-0.25, -0.2) is 0 Å². The normalized spacial score (nSPS) is 18.8. The van der Waals surface area contributed by atoms with Crippen LogP contribution in [0.5, 0.6) is 11.5 Å². The molecule has 6 nitrogen and oxygen atoms in total. The van der Waals surface area contributed by atoms with Gasteiger partial charge >= 0.3 is 0 Å². The summed E-state index contributed by atoms with van der Waals surface area (Å²) in [5, 5.41) is 12.7. The van der Waals surface area contributed by atoms with Gasteiger partial charge in [0.05, 0.1) is 18.3 Å². The standard InChI is InChI=1S/C22H27N3O3/c1-27-19-10-16-18(24-17-6-7-23-22(21(16)17)14-4-5-14)11-20(19)28-13-15(26)12-25-8-2-3-9-25/h6-7,10-11,14-15,24,26H,2-5,8-9,12-13H2,1H3. The summed E-state index contributed by atoms with van der Waals surface area (Å²) < 4.78 is 11.6. The van der Waals surface area contributed by atoms with Crippen LogP contribution in [0.3, 0.4) is 0 Å². The van der Waals surface area contributed by atoms with Gasteiger partial charge in [-0.3, -0.25) is 4.98 Å². The fourth-order valence-electron chi connectivity index (χ4n) is 4.32. The van der Waals surface area contributed by atoms with Crippen molar-refractivity contribution in [2.45, 2.75) is 37.7 Å². The number of hydrogen-bond donors (Lipinski definition) is 2. The molecule has 1 aliphatic carbocycles. The first kappa shape index (κ1) is 17.8. The van der Waals surface area contributed by atoms with Crippen LogP contribution in [0, 0.1) is 0 Å². The quantitative estimate of drug-likeness (QED) is 0.656. The van der Waals surface area contributed by atoms with E-state index in [1.807, 2.05) is 24.4 Å². The Morgan fingerprint density at radius 1 is 1.21 bits per heavy atom. The fraction of sp³-hybridized carbons (Fsp3) is 0.500. The summed E-state index contributed by atoms with van der Waals surface area (Å²) >= 11 is 0. The monoisotopic (exact) mass is 381 g/mol. The van der Waals surface area contributed by atoms with E-state index in [0.29, 0.717) is 24.0 Å². The van der Waals surface area contributed by atoms with Crippen molar-refractivity contribution in [2.24, 2.45) is 0 Å². The molecule has 2 aliphatic rings. The number of hydrogen-bond acceptors (Lipinski definition) is 5. The second-order valence-electron chi connectivity index (χ2n) is 8.04. The average Bonchev–Trinajstić information content (AvgIpc) is 3.31. The van der Waals surface area contributed by atoms with E-state index in [4.69, 9.17) is 9.47 Å². The zero-order valence-corrected chi connectivity index (χ0v) is 16.3. The van der Waals surface area contributed by atoms with Crippen molar-refractivity contribution in [3.63, 3.8) is 0 Å². The topological polar surface area (TPSA) is 70.6 Å². The number of rotatable bonds is 7. The third-order valence-electron chi connectivity index (χ3n) is 5.89. The number of nitrogens with zero attached hydrogens (tertiary/aromatic N) is 2. The van der Waals surface area contributed by atoms with E-state index in [2.05, 4.69) is 14.9 Å². The number of ether oxygens (including phenoxy) is 2. The Morgan fingerprint density at radius 2 is 2.04 bits per heavy atom. The number of pyridine rings is 1. The molecule has 2 aromatic heterocycles. The van der Waals surface area contributed by atoms with Gasteiger partial charge in [0.2, 0.25) is 0 Å². The van der Waals surface area contributed by atoms with Crippen LogP contribution in [0.1, 0.15) is 37.3 Å². The number of nitrogens with one attached hydrogen (secondary N) is 1. The Bertz CT molecular complexity index is 990. The van der Waals surface area contributed by atoms with E-state index in [-0.39, 0.29) is 6.61 Å². The molecule has 148 valence electrons. The first-order chi connectivity index (χ1) is 13.7. The SMILES string of the molecule is COc1cc2c(cc1OCC(O)CN1CCCC1)[nH]c1ccnc(C3CC3)c12. The lowest BCUT2D eigenvalue weighted by molar-refractivity contribution is 0.0747. The summed E-state index contributed by atoms with van der Waals surface area (Å²) in [6, 6.07) is 6.03. The third kappa shape index (κ3) is 3.31. The number of aromatic amines is 1. The van der Waals surface area contributed by atoms with Gasteiger partial charge in [-0.15, -0.1) is 0 Å². The van der Waals surface area contributed by atoms with Gasteiger partial charge in [0.15, 0.2) is 11.5 Å². The van der Waals surface area contributed by atoms with E-state index in [9.17, 15) is 5.11 Å². The Kier molecular flexibility index (Phi) is 4.61. The molecule has 0 radical (unpaired) electrons. The minimum Gasteiger partial charge on any atom is -0.493 e. The van der Waals surface area contributed by atoms with Crippen molar-refractivity contribution in [3.8, 4) is 11.5 Å². The molecular weight excluding hydrogens is 354 g/mol. The van der Waals surface area contributed by atoms with Crippen molar-refractivity contribution in [1.82, 2.24) is 14.9 Å². The molecule has 2 N–H and O–H groups in total. The maximum Gasteiger partial charge on any atom is 0.163 e. The van der Waals surface area contributed by atoms with Gasteiger partial charge in [0.1, 0.15) is 12.7 Å². The number of likely N-dealkylation sites (tertiary alicyclic amines) is 1. The van der Waals surface area contributed by atoms with Crippen molar-refractivity contribution in [2.75, 3.05) is 33.4 Å². The molecule has 6 heteroatoms. The minimum atomic E-state index is -0.508. The lowest BCUT2D eigenvalue weighted by atomic mass is 10.1. The lowest BCUT2D eigenvalue weighted by Gasteiger charge is -2.20. The van der Waals surface area contributed by atoms with E-state index in [1.54, 1.807) is 7.11 Å². The summed E-state index contributed by atoms with van der Waals surface area (Å²) in [6.45, 7) is 3.05. The van der Waals surface area contributed by atoms with Gasteiger partial charge in [0, 0.05) is 41.0 Å². The summed E-state index contributed by atoms with van der Waals surface area (Å²) in [4.78, 5) is 10.4. The molecule has 1 aliphatic heterocycles. The van der Waals surface area contributed by atoms with Crippen LogP contribution in [0.4, 0.5) is 0 Å². The molecule has 3 heterocycles. The minimum absolute atomic E-state index is 0.257. The van der Waals surface area contributed by atoms with Gasteiger partial charge < -0.3 is 24.5 Å². The predicted octanol–water partition coefficient (Wildman–Crippen LogP) is 3.44. The van der Waals surface area contributed by atoms with E-state index >= 15 is 0 Å². The molecule has 1 saturated heterocycles. The van der Waals surface area contributed by atoms with Crippen molar-refractivity contribution in [1.29, 1.82) is 0 Å². The highest BCUT2D eigenvalue weighted by atomic mass is 16.5. The summed E-state index contributed by atoms with van der Waals surface area (Å²) in [6.07, 6.45) is 6.24. The molecule has 28 heavy (non-hydrogen) atoms. The molecular formula is C22H27N3O3. The number of fused-ring (bicyclic) bond motifs is 3. The van der Waals surface area contributed by atoms with Crippen molar-refractivity contribution < 1.29 is 14.6 Å². The molecule has 1 unspecified atom stereocenters. The summed E-state index contributed by atoms with van der Waals surface area (Å²) in [5.41, 5.74) is 3.29. The predicted molar refractivity (Wildman–Crippen MR) is 109 cm³/mol. The molecule has 0 bridgehead atoms. The second kappa shape index (κ2) is 7.26. The largest absolute Gasteiger partial charge is 0.493 e. The number of aromatic nitrogens is 2. The zero-order valence-electron chi connectivity index (χ0n) is 16.3. The number of H-pyrrole nitrogens is 1. The molecule has 1 atom stereocenters. The molecule has 0 spiro atoms. The fourth-order valence-corrected chi connectivity index (χ4v) is 4.32. The van der Waals surface area contributed by atoms with Crippen LogP contribution >= 0.6 is 0 Å². The summed E-state index contributed by atoms with van der Waals surface area (Å²) in [5.74, 6) is 1.92. The van der Waals surface area contributed by atoms with Gasteiger partial charge in [-0.1, -0.05) is 0 Å². The van der Waals surface area contributed by atoms with Crippen LogP contribution in [-0.2, 0) is 0 Å². The van der Waals surface area contributed by atoms with Crippen LogP contribution in [0.25, 0.3) is 21.8 Å². The molecule has 1 aromatic carbocycles. The molecule has 1 saturated carbocycles. The van der Waals surface area contributed by atoms with Gasteiger partial charge in [-0.05, 0) is 50.9 Å². The molecule has 0 amide bonds. The van der Waals surface area contributed by atoms with Gasteiger partial charge in [-0.2, -0.15) is 0 Å². The molecule has 5 rings (SSSR count). The highest BCUT2D eigenvalue weighted by molar-refractivity contribution is 6.09. The third-order valence-corrected chi connectivity index (χ3v) is 5.89. The average molecular weight is 381 g/mol. The maximum absolute atomic E-state index is 10.3. The van der Waals surface area contributed by atoms with E-state index < -0.39 is 6.10 Å².